The molecule has 2 amide bonds. The van der Waals surface area contributed by atoms with Crippen LogP contribution < -0.4 is 9.47 Å². The summed E-state index contributed by atoms with van der Waals surface area (Å²) in [5.41, 5.74) is 0.0290. The number of nitrogens with zero attached hydrogens (tertiary/aromatic N) is 1. The fourth-order valence-electron chi connectivity index (χ4n) is 3.62. The standard InChI is InChI=1S/C22H23NO6/c1-5-22(6-2,14-11-12-17(27-3)18(13-14)28-4)21(26)29-23-19(24)15-9-7-8-10-16(15)20(23)25/h7-13H,5-6H2,1-4H3. The molecule has 29 heavy (non-hydrogen) atoms. The number of imide groups is 1. The Morgan fingerprint density at radius 1 is 0.897 bits per heavy atom. The molecule has 0 unspecified atom stereocenters. The Hall–Kier alpha value is -3.35. The van der Waals surface area contributed by atoms with E-state index in [9.17, 15) is 14.4 Å². The van der Waals surface area contributed by atoms with Crippen molar-refractivity contribution in [3.8, 4) is 11.5 Å². The van der Waals surface area contributed by atoms with E-state index in [2.05, 4.69) is 0 Å². The molecular weight excluding hydrogens is 374 g/mol. The molecule has 0 N–H and O–H groups in total. The number of methoxy groups -OCH3 is 2. The van der Waals surface area contributed by atoms with Crippen molar-refractivity contribution in [1.82, 2.24) is 5.06 Å². The minimum absolute atomic E-state index is 0.218. The molecule has 1 aliphatic heterocycles. The third-order valence-corrected chi connectivity index (χ3v) is 5.46. The number of hydrogen-bond acceptors (Lipinski definition) is 6. The number of fused-ring (bicyclic) bond motifs is 1. The van der Waals surface area contributed by atoms with Crippen LogP contribution in [0.2, 0.25) is 0 Å². The monoisotopic (exact) mass is 397 g/mol. The van der Waals surface area contributed by atoms with Gasteiger partial charge in [0.25, 0.3) is 11.8 Å². The quantitative estimate of drug-likeness (QED) is 0.665. The van der Waals surface area contributed by atoms with Crippen molar-refractivity contribution >= 4 is 17.8 Å². The van der Waals surface area contributed by atoms with E-state index in [4.69, 9.17) is 14.3 Å². The Morgan fingerprint density at radius 2 is 1.45 bits per heavy atom. The average molecular weight is 397 g/mol. The van der Waals surface area contributed by atoms with Crippen LogP contribution in [-0.4, -0.2) is 37.1 Å². The van der Waals surface area contributed by atoms with Crippen molar-refractivity contribution in [1.29, 1.82) is 0 Å². The Kier molecular flexibility index (Phi) is 5.59. The van der Waals surface area contributed by atoms with Crippen LogP contribution in [-0.2, 0) is 15.0 Å². The van der Waals surface area contributed by atoms with Crippen LogP contribution in [0.15, 0.2) is 42.5 Å². The summed E-state index contributed by atoms with van der Waals surface area (Å²) >= 11 is 0. The minimum atomic E-state index is -1.06. The molecule has 0 saturated carbocycles. The van der Waals surface area contributed by atoms with Crippen LogP contribution in [0.5, 0.6) is 11.5 Å². The average Bonchev–Trinajstić information content (AvgIpc) is 3.00. The minimum Gasteiger partial charge on any atom is -0.493 e. The van der Waals surface area contributed by atoms with Crippen LogP contribution >= 0.6 is 0 Å². The first-order valence-electron chi connectivity index (χ1n) is 9.36. The lowest BCUT2D eigenvalue weighted by molar-refractivity contribution is -0.176. The molecule has 0 saturated heterocycles. The highest BCUT2D eigenvalue weighted by atomic mass is 16.7. The maximum absolute atomic E-state index is 13.2. The van der Waals surface area contributed by atoms with Gasteiger partial charge in [-0.15, -0.1) is 0 Å². The lowest BCUT2D eigenvalue weighted by Crippen LogP contribution is -2.42. The van der Waals surface area contributed by atoms with Crippen molar-refractivity contribution in [3.63, 3.8) is 0 Å². The Balaban J connectivity index is 1.95. The first-order valence-corrected chi connectivity index (χ1v) is 9.36. The molecule has 2 aromatic rings. The van der Waals surface area contributed by atoms with Crippen LogP contribution in [0.1, 0.15) is 53.0 Å². The van der Waals surface area contributed by atoms with Gasteiger partial charge in [0.05, 0.1) is 30.8 Å². The van der Waals surface area contributed by atoms with Crippen LogP contribution in [0.4, 0.5) is 0 Å². The number of hydrogen-bond donors (Lipinski definition) is 0. The molecular formula is C22H23NO6. The third kappa shape index (κ3) is 3.22. The van der Waals surface area contributed by atoms with Crippen LogP contribution in [0, 0.1) is 0 Å². The fourth-order valence-corrected chi connectivity index (χ4v) is 3.62. The molecule has 7 nitrogen and oxygen atoms in total. The molecule has 1 heterocycles. The summed E-state index contributed by atoms with van der Waals surface area (Å²) in [6.45, 7) is 3.70. The molecule has 7 heteroatoms. The number of carbonyl (C=O) groups is 3. The zero-order chi connectivity index (χ0) is 21.2. The van der Waals surface area contributed by atoms with Crippen molar-refractivity contribution in [2.75, 3.05) is 14.2 Å². The lowest BCUT2D eigenvalue weighted by Gasteiger charge is -2.31. The number of amides is 2. The molecule has 1 aliphatic rings. The zero-order valence-corrected chi connectivity index (χ0v) is 16.9. The van der Waals surface area contributed by atoms with E-state index in [1.54, 1.807) is 30.3 Å². The summed E-state index contributed by atoms with van der Waals surface area (Å²) < 4.78 is 10.6. The van der Waals surface area contributed by atoms with Gasteiger partial charge in [-0.05, 0) is 42.7 Å². The van der Waals surface area contributed by atoms with E-state index in [0.29, 0.717) is 35.0 Å². The summed E-state index contributed by atoms with van der Waals surface area (Å²) in [7, 11) is 3.04. The molecule has 0 aliphatic carbocycles. The van der Waals surface area contributed by atoms with E-state index in [0.717, 1.165) is 0 Å². The van der Waals surface area contributed by atoms with Gasteiger partial charge in [-0.2, -0.15) is 0 Å². The van der Waals surface area contributed by atoms with Gasteiger partial charge in [0.2, 0.25) is 0 Å². The summed E-state index contributed by atoms with van der Waals surface area (Å²) in [5.74, 6) is -0.958. The molecule has 2 aromatic carbocycles. The molecule has 152 valence electrons. The van der Waals surface area contributed by atoms with Crippen molar-refractivity contribution in [2.45, 2.75) is 32.1 Å². The smallest absolute Gasteiger partial charge is 0.343 e. The van der Waals surface area contributed by atoms with Gasteiger partial charge in [0, 0.05) is 0 Å². The highest BCUT2D eigenvalue weighted by molar-refractivity contribution is 6.21. The summed E-state index contributed by atoms with van der Waals surface area (Å²) in [4.78, 5) is 43.7. The van der Waals surface area contributed by atoms with E-state index >= 15 is 0 Å². The second kappa shape index (κ2) is 7.95. The second-order valence-electron chi connectivity index (χ2n) is 6.69. The van der Waals surface area contributed by atoms with Crippen molar-refractivity contribution in [2.24, 2.45) is 0 Å². The topological polar surface area (TPSA) is 82.1 Å². The highest BCUT2D eigenvalue weighted by Crippen LogP contribution is 2.39. The molecule has 0 aromatic heterocycles. The predicted molar refractivity (Wildman–Crippen MR) is 105 cm³/mol. The van der Waals surface area contributed by atoms with E-state index in [1.165, 1.54) is 26.4 Å². The highest BCUT2D eigenvalue weighted by Gasteiger charge is 2.45. The molecule has 0 bridgehead atoms. The Bertz CT molecular complexity index is 929. The van der Waals surface area contributed by atoms with Gasteiger partial charge in [-0.3, -0.25) is 9.59 Å². The molecule has 3 rings (SSSR count). The predicted octanol–water partition coefficient (Wildman–Crippen LogP) is 3.52. The van der Waals surface area contributed by atoms with Gasteiger partial charge in [0.1, 0.15) is 0 Å². The number of rotatable bonds is 7. The SMILES string of the molecule is CCC(CC)(C(=O)ON1C(=O)c2ccccc2C1=O)c1ccc(OC)c(OC)c1. The van der Waals surface area contributed by atoms with Gasteiger partial charge in [0.15, 0.2) is 11.5 Å². The largest absolute Gasteiger partial charge is 0.493 e. The summed E-state index contributed by atoms with van der Waals surface area (Å²) in [6, 6.07) is 11.6. The van der Waals surface area contributed by atoms with Gasteiger partial charge in [-0.25, -0.2) is 4.79 Å². The number of benzene rings is 2. The Labute approximate surface area is 169 Å². The second-order valence-corrected chi connectivity index (χ2v) is 6.69. The number of hydroxylamine groups is 2. The van der Waals surface area contributed by atoms with Gasteiger partial charge in [-0.1, -0.05) is 37.1 Å². The maximum Gasteiger partial charge on any atom is 0.343 e. The molecule has 0 fully saturated rings. The summed E-state index contributed by atoms with van der Waals surface area (Å²) in [5, 5.41) is 0.549. The molecule has 0 radical (unpaired) electrons. The first kappa shape index (κ1) is 20.4. The first-order chi connectivity index (χ1) is 13.9. The van der Waals surface area contributed by atoms with E-state index in [1.807, 2.05) is 13.8 Å². The van der Waals surface area contributed by atoms with Gasteiger partial charge >= 0.3 is 5.97 Å². The van der Waals surface area contributed by atoms with Crippen LogP contribution in [0.25, 0.3) is 0 Å². The van der Waals surface area contributed by atoms with Crippen molar-refractivity contribution < 1.29 is 28.7 Å². The Morgan fingerprint density at radius 3 is 1.93 bits per heavy atom. The third-order valence-electron chi connectivity index (χ3n) is 5.46. The number of ether oxygens (including phenoxy) is 2. The molecule has 0 spiro atoms. The van der Waals surface area contributed by atoms with Crippen molar-refractivity contribution in [3.05, 3.63) is 59.2 Å². The van der Waals surface area contributed by atoms with E-state index in [-0.39, 0.29) is 11.1 Å². The zero-order valence-electron chi connectivity index (χ0n) is 16.9. The lowest BCUT2D eigenvalue weighted by atomic mass is 9.76. The van der Waals surface area contributed by atoms with Gasteiger partial charge < -0.3 is 14.3 Å². The maximum atomic E-state index is 13.2. The fraction of sp³-hybridized carbons (Fsp3) is 0.318. The normalized spacial score (nSPS) is 13.3. The summed E-state index contributed by atoms with van der Waals surface area (Å²) in [6.07, 6.45) is 0.808. The van der Waals surface area contributed by atoms with Crippen LogP contribution in [0.3, 0.4) is 0 Å². The molecule has 0 atom stereocenters. The van der Waals surface area contributed by atoms with E-state index < -0.39 is 23.2 Å². The number of carbonyl (C=O) groups excluding carboxylic acids is 3.